The summed E-state index contributed by atoms with van der Waals surface area (Å²) < 4.78 is 0. The Labute approximate surface area is 111 Å². The third kappa shape index (κ3) is 3.98. The predicted octanol–water partition coefficient (Wildman–Crippen LogP) is 2.46. The molecule has 2 N–H and O–H groups in total. The zero-order chi connectivity index (χ0) is 12.8. The molecule has 0 aromatic rings. The molecule has 1 aliphatic carbocycles. The summed E-state index contributed by atoms with van der Waals surface area (Å²) in [5.74, 6) is 1.62. The van der Waals surface area contributed by atoms with Gasteiger partial charge in [0.1, 0.15) is 0 Å². The van der Waals surface area contributed by atoms with Crippen LogP contribution in [0.5, 0.6) is 0 Å². The molecule has 0 aromatic heterocycles. The average molecular weight is 252 g/mol. The molecule has 0 radical (unpaired) electrons. The molecule has 0 bridgehead atoms. The molecule has 2 aliphatic rings. The van der Waals surface area contributed by atoms with Crippen LogP contribution in [-0.2, 0) is 4.79 Å². The average Bonchev–Trinajstić information content (AvgIpc) is 2.40. The van der Waals surface area contributed by atoms with Gasteiger partial charge in [0.05, 0.1) is 0 Å². The van der Waals surface area contributed by atoms with Gasteiger partial charge in [-0.3, -0.25) is 4.79 Å². The van der Waals surface area contributed by atoms with Gasteiger partial charge >= 0.3 is 0 Å². The Balaban J connectivity index is 1.75. The summed E-state index contributed by atoms with van der Waals surface area (Å²) in [4.78, 5) is 12.1. The van der Waals surface area contributed by atoms with Gasteiger partial charge in [0.15, 0.2) is 0 Å². The molecule has 3 heteroatoms. The minimum absolute atomic E-state index is 0.298. The zero-order valence-electron chi connectivity index (χ0n) is 11.7. The second-order valence-electron chi connectivity index (χ2n) is 6.02. The van der Waals surface area contributed by atoms with Gasteiger partial charge in [0, 0.05) is 12.5 Å². The van der Waals surface area contributed by atoms with Crippen LogP contribution < -0.4 is 10.6 Å². The fourth-order valence-electron chi connectivity index (χ4n) is 3.50. The summed E-state index contributed by atoms with van der Waals surface area (Å²) in [6, 6.07) is 0.456. The number of carbonyl (C=O) groups is 1. The Morgan fingerprint density at radius 3 is 2.61 bits per heavy atom. The fourth-order valence-corrected chi connectivity index (χ4v) is 3.50. The van der Waals surface area contributed by atoms with E-state index in [2.05, 4.69) is 17.6 Å². The van der Waals surface area contributed by atoms with Gasteiger partial charge in [-0.05, 0) is 50.6 Å². The van der Waals surface area contributed by atoms with E-state index in [1.54, 1.807) is 0 Å². The molecule has 0 spiro atoms. The van der Waals surface area contributed by atoms with Gasteiger partial charge in [0.2, 0.25) is 5.91 Å². The lowest BCUT2D eigenvalue weighted by molar-refractivity contribution is -0.123. The molecule has 3 nitrogen and oxygen atoms in total. The number of amides is 1. The van der Waals surface area contributed by atoms with Gasteiger partial charge in [-0.15, -0.1) is 0 Å². The number of nitrogens with one attached hydrogen (secondary N) is 2. The van der Waals surface area contributed by atoms with E-state index in [0.29, 0.717) is 17.9 Å². The van der Waals surface area contributed by atoms with Crippen LogP contribution in [0.15, 0.2) is 0 Å². The molecule has 104 valence electrons. The Kier molecular flexibility index (Phi) is 5.48. The Hall–Kier alpha value is -0.570. The van der Waals surface area contributed by atoms with Crippen molar-refractivity contribution in [1.29, 1.82) is 0 Å². The van der Waals surface area contributed by atoms with Crippen molar-refractivity contribution in [3.05, 3.63) is 0 Å². The number of hydrogen-bond acceptors (Lipinski definition) is 2. The van der Waals surface area contributed by atoms with Crippen molar-refractivity contribution in [2.75, 3.05) is 13.1 Å². The quantitative estimate of drug-likeness (QED) is 0.807. The first-order valence-electron chi connectivity index (χ1n) is 7.79. The lowest BCUT2D eigenvalue weighted by Gasteiger charge is -2.32. The fraction of sp³-hybridized carbons (Fsp3) is 0.933. The third-order valence-electron chi connectivity index (χ3n) is 4.71. The van der Waals surface area contributed by atoms with Crippen LogP contribution in [0.1, 0.15) is 58.3 Å². The van der Waals surface area contributed by atoms with Crippen molar-refractivity contribution in [1.82, 2.24) is 10.6 Å². The molecule has 1 saturated carbocycles. The summed E-state index contributed by atoms with van der Waals surface area (Å²) in [6.07, 6.45) is 9.40. The topological polar surface area (TPSA) is 41.1 Å². The van der Waals surface area contributed by atoms with Crippen LogP contribution in [0.2, 0.25) is 0 Å². The summed E-state index contributed by atoms with van der Waals surface area (Å²) in [5, 5.41) is 6.66. The van der Waals surface area contributed by atoms with E-state index in [-0.39, 0.29) is 0 Å². The lowest BCUT2D eigenvalue weighted by atomic mass is 9.82. The summed E-state index contributed by atoms with van der Waals surface area (Å²) in [7, 11) is 0. The normalized spacial score (nSPS) is 30.1. The molecule has 2 fully saturated rings. The van der Waals surface area contributed by atoms with Gasteiger partial charge < -0.3 is 10.6 Å². The molecular formula is C15H28N2O. The monoisotopic (exact) mass is 252 g/mol. The lowest BCUT2D eigenvalue weighted by Crippen LogP contribution is -2.43. The van der Waals surface area contributed by atoms with E-state index in [9.17, 15) is 4.79 Å². The second kappa shape index (κ2) is 7.13. The van der Waals surface area contributed by atoms with Crippen LogP contribution in [0, 0.1) is 11.8 Å². The number of carbonyl (C=O) groups excluding carboxylic acids is 1. The van der Waals surface area contributed by atoms with Crippen molar-refractivity contribution in [2.24, 2.45) is 11.8 Å². The molecule has 1 amide bonds. The molecule has 2 rings (SSSR count). The SMILES string of the molecule is CCC1CCCCC1NC(=O)CC1CCNCC1. The summed E-state index contributed by atoms with van der Waals surface area (Å²) >= 11 is 0. The van der Waals surface area contributed by atoms with Crippen molar-refractivity contribution in [3.63, 3.8) is 0 Å². The maximum atomic E-state index is 12.1. The Morgan fingerprint density at radius 1 is 1.17 bits per heavy atom. The standard InChI is InChI=1S/C15H28N2O/c1-2-13-5-3-4-6-14(13)17-15(18)11-12-7-9-16-10-8-12/h12-14,16H,2-11H2,1H3,(H,17,18). The molecule has 0 aromatic carbocycles. The van der Waals surface area contributed by atoms with Crippen LogP contribution >= 0.6 is 0 Å². The first kappa shape index (κ1) is 13.9. The molecule has 1 saturated heterocycles. The van der Waals surface area contributed by atoms with Gasteiger partial charge in [-0.25, -0.2) is 0 Å². The molecule has 1 aliphatic heterocycles. The molecule has 18 heavy (non-hydrogen) atoms. The first-order chi connectivity index (χ1) is 8.79. The summed E-state index contributed by atoms with van der Waals surface area (Å²) in [5.41, 5.74) is 0. The third-order valence-corrected chi connectivity index (χ3v) is 4.71. The van der Waals surface area contributed by atoms with Crippen LogP contribution in [0.25, 0.3) is 0 Å². The highest BCUT2D eigenvalue weighted by Crippen LogP contribution is 2.27. The van der Waals surface area contributed by atoms with E-state index < -0.39 is 0 Å². The Bertz CT molecular complexity index is 261. The summed E-state index contributed by atoms with van der Waals surface area (Å²) in [6.45, 7) is 4.42. The van der Waals surface area contributed by atoms with Crippen LogP contribution in [0.4, 0.5) is 0 Å². The maximum Gasteiger partial charge on any atom is 0.220 e. The number of rotatable bonds is 4. The minimum Gasteiger partial charge on any atom is -0.353 e. The van der Waals surface area contributed by atoms with Crippen molar-refractivity contribution in [3.8, 4) is 0 Å². The molecular weight excluding hydrogens is 224 g/mol. The second-order valence-corrected chi connectivity index (χ2v) is 6.02. The number of piperidine rings is 1. The Morgan fingerprint density at radius 2 is 1.89 bits per heavy atom. The number of hydrogen-bond donors (Lipinski definition) is 2. The highest BCUT2D eigenvalue weighted by molar-refractivity contribution is 5.76. The first-order valence-corrected chi connectivity index (χ1v) is 7.79. The van der Waals surface area contributed by atoms with E-state index in [0.717, 1.165) is 38.3 Å². The van der Waals surface area contributed by atoms with Gasteiger partial charge in [-0.2, -0.15) is 0 Å². The highest BCUT2D eigenvalue weighted by Gasteiger charge is 2.26. The smallest absolute Gasteiger partial charge is 0.220 e. The predicted molar refractivity (Wildman–Crippen MR) is 74.4 cm³/mol. The largest absolute Gasteiger partial charge is 0.353 e. The van der Waals surface area contributed by atoms with Crippen LogP contribution in [-0.4, -0.2) is 25.0 Å². The van der Waals surface area contributed by atoms with E-state index in [1.807, 2.05) is 0 Å². The van der Waals surface area contributed by atoms with Gasteiger partial charge in [0.25, 0.3) is 0 Å². The zero-order valence-corrected chi connectivity index (χ0v) is 11.7. The van der Waals surface area contributed by atoms with Crippen LogP contribution in [0.3, 0.4) is 0 Å². The van der Waals surface area contributed by atoms with E-state index >= 15 is 0 Å². The van der Waals surface area contributed by atoms with Crippen molar-refractivity contribution >= 4 is 5.91 Å². The van der Waals surface area contributed by atoms with Gasteiger partial charge in [-0.1, -0.05) is 26.2 Å². The molecule has 2 unspecified atom stereocenters. The molecule has 2 atom stereocenters. The minimum atomic E-state index is 0.298. The van der Waals surface area contributed by atoms with E-state index in [1.165, 1.54) is 32.1 Å². The maximum absolute atomic E-state index is 12.1. The highest BCUT2D eigenvalue weighted by atomic mass is 16.1. The van der Waals surface area contributed by atoms with Crippen molar-refractivity contribution in [2.45, 2.75) is 64.3 Å². The van der Waals surface area contributed by atoms with Crippen molar-refractivity contribution < 1.29 is 4.79 Å². The molecule has 1 heterocycles. The van der Waals surface area contributed by atoms with E-state index in [4.69, 9.17) is 0 Å².